The number of hydrogen-bond acceptors (Lipinski definition) is 7. The second-order valence-electron chi connectivity index (χ2n) is 6.70. The van der Waals surface area contributed by atoms with Crippen LogP contribution in [0.4, 0.5) is 5.69 Å². The molecule has 0 saturated heterocycles. The normalized spacial score (nSPS) is 10.9. The monoisotopic (exact) mass is 398 g/mol. The zero-order valence-corrected chi connectivity index (χ0v) is 16.6. The molecule has 0 fully saturated rings. The number of amides is 2. The van der Waals surface area contributed by atoms with Crippen molar-refractivity contribution in [2.45, 2.75) is 33.4 Å². The van der Waals surface area contributed by atoms with Crippen LogP contribution in [0.2, 0.25) is 0 Å². The molecule has 2 aromatic heterocycles. The third-order valence-corrected chi connectivity index (χ3v) is 4.23. The van der Waals surface area contributed by atoms with Gasteiger partial charge in [0.25, 0.3) is 11.8 Å². The Hall–Kier alpha value is -3.76. The summed E-state index contributed by atoms with van der Waals surface area (Å²) in [5, 5.41) is 18.3. The van der Waals surface area contributed by atoms with E-state index in [0.29, 0.717) is 28.5 Å². The minimum absolute atomic E-state index is 0.121. The van der Waals surface area contributed by atoms with Gasteiger partial charge in [0.05, 0.1) is 17.4 Å². The van der Waals surface area contributed by atoms with Gasteiger partial charge in [0.2, 0.25) is 0 Å². The smallest absolute Gasteiger partial charge is 0.269 e. The highest BCUT2D eigenvalue weighted by atomic mass is 16.5. The van der Waals surface area contributed by atoms with E-state index in [2.05, 4.69) is 25.9 Å². The number of nitrogens with two attached hydrogens (primary N) is 1. The molecule has 0 spiro atoms. The van der Waals surface area contributed by atoms with E-state index in [4.69, 9.17) is 10.5 Å². The summed E-state index contributed by atoms with van der Waals surface area (Å²) in [5.74, 6) is 0.109. The highest BCUT2D eigenvalue weighted by Crippen LogP contribution is 2.21. The molecule has 0 radical (unpaired) electrons. The number of benzene rings is 1. The third kappa shape index (κ3) is 4.23. The van der Waals surface area contributed by atoms with Gasteiger partial charge >= 0.3 is 0 Å². The maximum absolute atomic E-state index is 12.6. The molecule has 0 aliphatic heterocycles. The van der Waals surface area contributed by atoms with Crippen LogP contribution < -0.4 is 15.8 Å². The maximum atomic E-state index is 12.6. The number of ether oxygens (including phenoxy) is 1. The zero-order valence-electron chi connectivity index (χ0n) is 16.6. The fraction of sp³-hybridized carbons (Fsp3) is 0.333. The van der Waals surface area contributed by atoms with E-state index in [1.807, 2.05) is 13.8 Å². The number of aryl methyl sites for hydroxylation is 2. The van der Waals surface area contributed by atoms with Gasteiger partial charge in [0.1, 0.15) is 18.1 Å². The quantitative estimate of drug-likeness (QED) is 0.609. The van der Waals surface area contributed by atoms with E-state index in [9.17, 15) is 9.59 Å². The van der Waals surface area contributed by atoms with Crippen LogP contribution in [-0.2, 0) is 13.7 Å². The Balaban J connectivity index is 1.68. The van der Waals surface area contributed by atoms with Crippen LogP contribution in [0.5, 0.6) is 5.75 Å². The first kappa shape index (κ1) is 20.0. The lowest BCUT2D eigenvalue weighted by Crippen LogP contribution is -2.20. The molecule has 3 aromatic rings. The first-order valence-corrected chi connectivity index (χ1v) is 8.92. The molecule has 11 heteroatoms. The molecule has 2 heterocycles. The van der Waals surface area contributed by atoms with Gasteiger partial charge in [-0.25, -0.2) is 4.68 Å². The molecular weight excluding hydrogens is 376 g/mol. The van der Waals surface area contributed by atoms with E-state index >= 15 is 0 Å². The molecule has 29 heavy (non-hydrogen) atoms. The van der Waals surface area contributed by atoms with Crippen LogP contribution in [0.1, 0.15) is 52.3 Å². The highest BCUT2D eigenvalue weighted by molar-refractivity contribution is 6.08. The molecular formula is C18H22N8O3. The molecule has 0 aliphatic rings. The van der Waals surface area contributed by atoms with Crippen LogP contribution in [0.15, 0.2) is 24.3 Å². The van der Waals surface area contributed by atoms with Crippen LogP contribution in [-0.4, -0.2) is 41.8 Å². The molecule has 3 rings (SSSR count). The van der Waals surface area contributed by atoms with Crippen molar-refractivity contribution < 1.29 is 14.3 Å². The lowest BCUT2D eigenvalue weighted by Gasteiger charge is -2.10. The topological polar surface area (TPSA) is 143 Å². The summed E-state index contributed by atoms with van der Waals surface area (Å²) in [6.45, 7) is 5.83. The van der Waals surface area contributed by atoms with Gasteiger partial charge in [-0.05, 0) is 55.5 Å². The second-order valence-corrected chi connectivity index (χ2v) is 6.70. The molecule has 0 aliphatic carbocycles. The van der Waals surface area contributed by atoms with Crippen molar-refractivity contribution in [1.29, 1.82) is 0 Å². The van der Waals surface area contributed by atoms with Gasteiger partial charge in [-0.1, -0.05) is 0 Å². The molecule has 0 atom stereocenters. The maximum Gasteiger partial charge on any atom is 0.269 e. The third-order valence-electron chi connectivity index (χ3n) is 4.23. The average molecular weight is 398 g/mol. The van der Waals surface area contributed by atoms with E-state index in [0.717, 1.165) is 0 Å². The largest absolute Gasteiger partial charge is 0.486 e. The number of nitrogens with one attached hydrogen (secondary N) is 1. The van der Waals surface area contributed by atoms with E-state index in [1.54, 1.807) is 42.9 Å². The van der Waals surface area contributed by atoms with Gasteiger partial charge in [-0.2, -0.15) is 5.10 Å². The first-order valence-electron chi connectivity index (χ1n) is 8.92. The standard InChI is InChI=1S/C18H22N8O3/c1-10(2)26-14(21-23-24-26)9-29-13-7-5-12(6-8-13)18(28)20-15-11(3)22-25(4)16(15)17(19)27/h5-8,10H,9H2,1-4H3,(H2,19,27)(H,20,28). The molecule has 11 nitrogen and oxygen atoms in total. The molecule has 3 N–H and O–H groups in total. The van der Waals surface area contributed by atoms with Crippen molar-refractivity contribution in [3.8, 4) is 5.75 Å². The SMILES string of the molecule is Cc1nn(C)c(C(N)=O)c1NC(=O)c1ccc(OCc2nnnn2C(C)C)cc1. The summed E-state index contributed by atoms with van der Waals surface area (Å²) in [6.07, 6.45) is 0. The van der Waals surface area contributed by atoms with E-state index in [-0.39, 0.29) is 24.2 Å². The number of aromatic nitrogens is 6. The molecule has 152 valence electrons. The van der Waals surface area contributed by atoms with Crippen molar-refractivity contribution in [1.82, 2.24) is 30.0 Å². The first-order chi connectivity index (χ1) is 13.8. The summed E-state index contributed by atoms with van der Waals surface area (Å²) in [5.41, 5.74) is 6.71. The summed E-state index contributed by atoms with van der Waals surface area (Å²) in [6, 6.07) is 6.70. The highest BCUT2D eigenvalue weighted by Gasteiger charge is 2.20. The van der Waals surface area contributed by atoms with Gasteiger partial charge in [0, 0.05) is 12.6 Å². The van der Waals surface area contributed by atoms with Crippen molar-refractivity contribution in [3.05, 3.63) is 47.0 Å². The molecule has 0 saturated carbocycles. The number of carbonyl (C=O) groups is 2. The number of anilines is 1. The Morgan fingerprint density at radius 3 is 2.55 bits per heavy atom. The summed E-state index contributed by atoms with van der Waals surface area (Å²) in [7, 11) is 1.59. The van der Waals surface area contributed by atoms with E-state index in [1.165, 1.54) is 4.68 Å². The average Bonchev–Trinajstić information content (AvgIpc) is 3.24. The molecule has 1 aromatic carbocycles. The number of tetrazole rings is 1. The van der Waals surface area contributed by atoms with Gasteiger partial charge in [-0.3, -0.25) is 14.3 Å². The number of nitrogens with zero attached hydrogens (tertiary/aromatic N) is 6. The lowest BCUT2D eigenvalue weighted by atomic mass is 10.2. The minimum atomic E-state index is -0.670. The number of primary amides is 1. The summed E-state index contributed by atoms with van der Waals surface area (Å²) in [4.78, 5) is 24.2. The van der Waals surface area contributed by atoms with Crippen molar-refractivity contribution >= 4 is 17.5 Å². The van der Waals surface area contributed by atoms with Gasteiger partial charge in [-0.15, -0.1) is 5.10 Å². The molecule has 2 amide bonds. The minimum Gasteiger partial charge on any atom is -0.486 e. The lowest BCUT2D eigenvalue weighted by molar-refractivity contribution is 0.0992. The Morgan fingerprint density at radius 1 is 1.24 bits per heavy atom. The van der Waals surface area contributed by atoms with Crippen LogP contribution in [0, 0.1) is 6.92 Å². The van der Waals surface area contributed by atoms with Crippen LogP contribution in [0.3, 0.4) is 0 Å². The Labute approximate surface area is 166 Å². The summed E-state index contributed by atoms with van der Waals surface area (Å²) < 4.78 is 8.71. The van der Waals surface area contributed by atoms with Crippen LogP contribution >= 0.6 is 0 Å². The predicted octanol–water partition coefficient (Wildman–Crippen LogP) is 1.23. The van der Waals surface area contributed by atoms with Crippen molar-refractivity contribution in [3.63, 3.8) is 0 Å². The van der Waals surface area contributed by atoms with Gasteiger partial charge in [0.15, 0.2) is 5.82 Å². The second kappa shape index (κ2) is 8.09. The summed E-state index contributed by atoms with van der Waals surface area (Å²) >= 11 is 0. The number of rotatable bonds is 7. The Bertz CT molecular complexity index is 1040. The van der Waals surface area contributed by atoms with Crippen molar-refractivity contribution in [2.24, 2.45) is 12.8 Å². The fourth-order valence-electron chi connectivity index (χ4n) is 2.84. The Morgan fingerprint density at radius 2 is 1.93 bits per heavy atom. The van der Waals surface area contributed by atoms with Gasteiger partial charge < -0.3 is 15.8 Å². The van der Waals surface area contributed by atoms with Crippen molar-refractivity contribution in [2.75, 3.05) is 5.32 Å². The number of carbonyl (C=O) groups excluding carboxylic acids is 2. The fourth-order valence-corrected chi connectivity index (χ4v) is 2.84. The van der Waals surface area contributed by atoms with E-state index < -0.39 is 5.91 Å². The number of hydrogen-bond donors (Lipinski definition) is 2. The molecule has 0 unspecified atom stereocenters. The Kier molecular flexibility index (Phi) is 5.57. The van der Waals surface area contributed by atoms with Crippen LogP contribution in [0.25, 0.3) is 0 Å². The zero-order chi connectivity index (χ0) is 21.1. The predicted molar refractivity (Wildman–Crippen MR) is 103 cm³/mol. The molecule has 0 bridgehead atoms.